The smallest absolute Gasteiger partial charge is 0.134 e. The molecule has 4 heteroatoms. The van der Waals surface area contributed by atoms with Crippen molar-refractivity contribution in [2.24, 2.45) is 5.73 Å². The standard InChI is InChI=1S/C16H14BrNO2/c17-11-5-7-12(8-6-11)19-10-14-13-3-1-2-4-15(13)20-16(14)9-18/h1-8H,9-10,18H2. The van der Waals surface area contributed by atoms with Crippen LogP contribution in [0.25, 0.3) is 11.0 Å². The van der Waals surface area contributed by atoms with Crippen molar-refractivity contribution >= 4 is 26.9 Å². The maximum absolute atomic E-state index is 5.82. The zero-order chi connectivity index (χ0) is 13.9. The first kappa shape index (κ1) is 13.2. The molecule has 0 aliphatic heterocycles. The summed E-state index contributed by atoms with van der Waals surface area (Å²) in [5.74, 6) is 1.60. The van der Waals surface area contributed by atoms with Gasteiger partial charge in [-0.3, -0.25) is 0 Å². The molecule has 0 fully saturated rings. The van der Waals surface area contributed by atoms with Crippen molar-refractivity contribution in [3.05, 3.63) is 64.3 Å². The summed E-state index contributed by atoms with van der Waals surface area (Å²) in [7, 11) is 0. The molecule has 0 spiro atoms. The SMILES string of the molecule is NCc1oc2ccccc2c1COc1ccc(Br)cc1. The number of halogens is 1. The Kier molecular flexibility index (Phi) is 3.76. The molecule has 2 aromatic carbocycles. The number of rotatable bonds is 4. The summed E-state index contributed by atoms with van der Waals surface area (Å²) < 4.78 is 12.6. The first-order valence-electron chi connectivity index (χ1n) is 6.35. The van der Waals surface area contributed by atoms with Gasteiger partial charge in [0.25, 0.3) is 0 Å². The fraction of sp³-hybridized carbons (Fsp3) is 0.125. The van der Waals surface area contributed by atoms with Crippen molar-refractivity contribution in [2.45, 2.75) is 13.2 Å². The van der Waals surface area contributed by atoms with E-state index in [1.165, 1.54) is 0 Å². The number of fused-ring (bicyclic) bond motifs is 1. The van der Waals surface area contributed by atoms with Crippen LogP contribution < -0.4 is 10.5 Å². The topological polar surface area (TPSA) is 48.4 Å². The van der Waals surface area contributed by atoms with Crippen LogP contribution >= 0.6 is 15.9 Å². The lowest BCUT2D eigenvalue weighted by Gasteiger charge is -2.06. The maximum Gasteiger partial charge on any atom is 0.134 e. The van der Waals surface area contributed by atoms with Crippen LogP contribution in [0, 0.1) is 0 Å². The van der Waals surface area contributed by atoms with Crippen LogP contribution in [0.5, 0.6) is 5.75 Å². The molecule has 20 heavy (non-hydrogen) atoms. The fourth-order valence-electron chi connectivity index (χ4n) is 2.16. The zero-order valence-electron chi connectivity index (χ0n) is 10.8. The monoisotopic (exact) mass is 331 g/mol. The van der Waals surface area contributed by atoms with Crippen molar-refractivity contribution in [1.29, 1.82) is 0 Å². The molecule has 0 radical (unpaired) electrons. The lowest BCUT2D eigenvalue weighted by Crippen LogP contribution is -2.02. The number of para-hydroxylation sites is 1. The van der Waals surface area contributed by atoms with E-state index in [4.69, 9.17) is 14.9 Å². The third-order valence-corrected chi connectivity index (χ3v) is 3.69. The maximum atomic E-state index is 5.82. The summed E-state index contributed by atoms with van der Waals surface area (Å²) in [6.45, 7) is 0.818. The number of nitrogens with two attached hydrogens (primary N) is 1. The first-order valence-corrected chi connectivity index (χ1v) is 7.15. The largest absolute Gasteiger partial charge is 0.489 e. The highest BCUT2D eigenvalue weighted by Gasteiger charge is 2.13. The van der Waals surface area contributed by atoms with E-state index < -0.39 is 0 Å². The minimum Gasteiger partial charge on any atom is -0.489 e. The highest BCUT2D eigenvalue weighted by molar-refractivity contribution is 9.10. The quantitative estimate of drug-likeness (QED) is 0.778. The number of hydrogen-bond acceptors (Lipinski definition) is 3. The van der Waals surface area contributed by atoms with Gasteiger partial charge in [0.15, 0.2) is 0 Å². The number of benzene rings is 2. The van der Waals surface area contributed by atoms with Crippen LogP contribution in [0.3, 0.4) is 0 Å². The molecule has 0 saturated carbocycles. The van der Waals surface area contributed by atoms with Crippen LogP contribution in [-0.4, -0.2) is 0 Å². The molecule has 0 bridgehead atoms. The van der Waals surface area contributed by atoms with Gasteiger partial charge in [-0.05, 0) is 30.3 Å². The van der Waals surface area contributed by atoms with Crippen molar-refractivity contribution in [1.82, 2.24) is 0 Å². The van der Waals surface area contributed by atoms with E-state index in [2.05, 4.69) is 15.9 Å². The second-order valence-electron chi connectivity index (χ2n) is 4.45. The number of furan rings is 1. The molecule has 0 amide bonds. The Morgan fingerprint density at radius 3 is 2.55 bits per heavy atom. The second-order valence-corrected chi connectivity index (χ2v) is 5.36. The van der Waals surface area contributed by atoms with Crippen LogP contribution in [0.2, 0.25) is 0 Å². The zero-order valence-corrected chi connectivity index (χ0v) is 12.4. The molecular formula is C16H14BrNO2. The molecule has 3 aromatic rings. The summed E-state index contributed by atoms with van der Waals surface area (Å²) >= 11 is 3.40. The average Bonchev–Trinajstić information content (AvgIpc) is 2.84. The van der Waals surface area contributed by atoms with E-state index >= 15 is 0 Å². The van der Waals surface area contributed by atoms with Gasteiger partial charge < -0.3 is 14.9 Å². The van der Waals surface area contributed by atoms with Crippen molar-refractivity contribution in [3.63, 3.8) is 0 Å². The average molecular weight is 332 g/mol. The number of hydrogen-bond donors (Lipinski definition) is 1. The third kappa shape index (κ3) is 2.57. The third-order valence-electron chi connectivity index (χ3n) is 3.16. The second kappa shape index (κ2) is 5.69. The van der Waals surface area contributed by atoms with E-state index in [0.717, 1.165) is 32.5 Å². The lowest BCUT2D eigenvalue weighted by atomic mass is 10.1. The molecule has 1 aromatic heterocycles. The molecule has 2 N–H and O–H groups in total. The van der Waals surface area contributed by atoms with Crippen LogP contribution in [0.15, 0.2) is 57.4 Å². The molecule has 0 aliphatic rings. The summed E-state index contributed by atoms with van der Waals surface area (Å²) in [6.07, 6.45) is 0. The highest BCUT2D eigenvalue weighted by Crippen LogP contribution is 2.27. The Morgan fingerprint density at radius 1 is 1.05 bits per heavy atom. The van der Waals surface area contributed by atoms with E-state index in [1.807, 2.05) is 48.5 Å². The Morgan fingerprint density at radius 2 is 1.80 bits per heavy atom. The molecule has 0 atom stereocenters. The Balaban J connectivity index is 1.88. The van der Waals surface area contributed by atoms with Crippen LogP contribution in [0.4, 0.5) is 0 Å². The first-order chi connectivity index (χ1) is 9.78. The van der Waals surface area contributed by atoms with Gasteiger partial charge in [0.05, 0.1) is 6.54 Å². The van der Waals surface area contributed by atoms with Gasteiger partial charge in [-0.1, -0.05) is 34.1 Å². The van der Waals surface area contributed by atoms with Crippen molar-refractivity contribution in [3.8, 4) is 5.75 Å². The molecule has 3 rings (SSSR count). The van der Waals surface area contributed by atoms with E-state index in [9.17, 15) is 0 Å². The van der Waals surface area contributed by atoms with Gasteiger partial charge in [-0.2, -0.15) is 0 Å². The Bertz CT molecular complexity index is 719. The Labute approximate surface area is 125 Å². The van der Waals surface area contributed by atoms with Gasteiger partial charge in [-0.15, -0.1) is 0 Å². The minimum atomic E-state index is 0.369. The highest BCUT2D eigenvalue weighted by atomic mass is 79.9. The summed E-state index contributed by atoms with van der Waals surface area (Å²) in [5.41, 5.74) is 7.62. The molecular weight excluding hydrogens is 318 g/mol. The van der Waals surface area contributed by atoms with Crippen molar-refractivity contribution < 1.29 is 9.15 Å². The lowest BCUT2D eigenvalue weighted by molar-refractivity contribution is 0.303. The van der Waals surface area contributed by atoms with E-state index in [0.29, 0.717) is 13.2 Å². The van der Waals surface area contributed by atoms with Gasteiger partial charge in [-0.25, -0.2) is 0 Å². The molecule has 1 heterocycles. The number of ether oxygens (including phenoxy) is 1. The fourth-order valence-corrected chi connectivity index (χ4v) is 2.42. The van der Waals surface area contributed by atoms with Crippen LogP contribution in [0.1, 0.15) is 11.3 Å². The molecule has 0 saturated heterocycles. The van der Waals surface area contributed by atoms with Gasteiger partial charge >= 0.3 is 0 Å². The summed E-state index contributed by atoms with van der Waals surface area (Å²) in [5, 5.41) is 1.06. The minimum absolute atomic E-state index is 0.369. The molecule has 3 nitrogen and oxygen atoms in total. The van der Waals surface area contributed by atoms with Gasteiger partial charge in [0.1, 0.15) is 23.7 Å². The molecule has 102 valence electrons. The normalized spacial score (nSPS) is 10.9. The molecule has 0 aliphatic carbocycles. The Hall–Kier alpha value is -1.78. The van der Waals surface area contributed by atoms with E-state index in [-0.39, 0.29) is 0 Å². The summed E-state index contributed by atoms with van der Waals surface area (Å²) in [4.78, 5) is 0. The van der Waals surface area contributed by atoms with Crippen LogP contribution in [-0.2, 0) is 13.2 Å². The van der Waals surface area contributed by atoms with Gasteiger partial charge in [0.2, 0.25) is 0 Å². The van der Waals surface area contributed by atoms with Crippen molar-refractivity contribution in [2.75, 3.05) is 0 Å². The van der Waals surface area contributed by atoms with Gasteiger partial charge in [0, 0.05) is 15.4 Å². The predicted octanol–water partition coefficient (Wildman–Crippen LogP) is 4.23. The molecule has 0 unspecified atom stereocenters. The summed E-state index contributed by atoms with van der Waals surface area (Å²) in [6, 6.07) is 15.7. The van der Waals surface area contributed by atoms with E-state index in [1.54, 1.807) is 0 Å². The predicted molar refractivity (Wildman–Crippen MR) is 82.6 cm³/mol.